The number of nitrogens with zero attached hydrogens (tertiary/aromatic N) is 3. The van der Waals surface area contributed by atoms with E-state index in [0.29, 0.717) is 16.9 Å². The number of piperidine rings is 1. The highest BCUT2D eigenvalue weighted by atomic mass is 32.2. The Morgan fingerprint density at radius 3 is 2.96 bits per heavy atom. The highest BCUT2D eigenvalue weighted by Gasteiger charge is 2.35. The van der Waals surface area contributed by atoms with E-state index in [1.807, 2.05) is 24.3 Å². The van der Waals surface area contributed by atoms with Crippen LogP contribution in [0.2, 0.25) is 0 Å². The minimum Gasteiger partial charge on any atom is -0.495 e. The number of carbonyl (C=O) groups excluding carboxylic acids is 1. The van der Waals surface area contributed by atoms with Gasteiger partial charge in [0.1, 0.15) is 5.75 Å². The van der Waals surface area contributed by atoms with E-state index in [2.05, 4.69) is 20.4 Å². The van der Waals surface area contributed by atoms with Gasteiger partial charge >= 0.3 is 0 Å². The lowest BCUT2D eigenvalue weighted by atomic mass is 9.78. The highest BCUT2D eigenvalue weighted by Crippen LogP contribution is 2.36. The summed E-state index contributed by atoms with van der Waals surface area (Å²) >= 11 is 2.95. The third-order valence-corrected chi connectivity index (χ3v) is 7.59. The van der Waals surface area contributed by atoms with Crippen molar-refractivity contribution in [3.05, 3.63) is 24.3 Å². The summed E-state index contributed by atoms with van der Waals surface area (Å²) in [4.78, 5) is 15.0. The van der Waals surface area contributed by atoms with Crippen LogP contribution in [-0.4, -0.2) is 46.5 Å². The Balaban J connectivity index is 1.33. The van der Waals surface area contributed by atoms with Gasteiger partial charge in [-0.25, -0.2) is 0 Å². The van der Waals surface area contributed by atoms with Crippen LogP contribution in [0.1, 0.15) is 38.5 Å². The van der Waals surface area contributed by atoms with Gasteiger partial charge in [-0.3, -0.25) is 4.79 Å². The van der Waals surface area contributed by atoms with Crippen molar-refractivity contribution in [2.45, 2.75) is 48.9 Å². The molecule has 1 aromatic heterocycles. The fraction of sp³-hybridized carbons (Fsp3) is 0.550. The summed E-state index contributed by atoms with van der Waals surface area (Å²) in [7, 11) is 1.64. The van der Waals surface area contributed by atoms with Crippen molar-refractivity contribution in [2.24, 2.45) is 5.92 Å². The third-order valence-electron chi connectivity index (χ3n) is 5.64. The maximum Gasteiger partial charge on any atom is 0.233 e. The van der Waals surface area contributed by atoms with Crippen molar-refractivity contribution in [1.29, 1.82) is 0 Å². The largest absolute Gasteiger partial charge is 0.495 e. The first-order chi connectivity index (χ1) is 13.7. The van der Waals surface area contributed by atoms with Crippen molar-refractivity contribution in [2.75, 3.05) is 24.7 Å². The molecule has 2 heterocycles. The minimum atomic E-state index is 0.246. The zero-order chi connectivity index (χ0) is 19.3. The predicted octanol–water partition coefficient (Wildman–Crippen LogP) is 4.56. The number of amides is 1. The Kier molecular flexibility index (Phi) is 6.36. The molecule has 1 aromatic carbocycles. The zero-order valence-corrected chi connectivity index (χ0v) is 17.7. The van der Waals surface area contributed by atoms with Crippen LogP contribution in [0.15, 0.2) is 28.6 Å². The number of hydrogen-bond donors (Lipinski definition) is 1. The number of hydrogen-bond acceptors (Lipinski definition) is 7. The van der Waals surface area contributed by atoms with Crippen LogP contribution in [0.25, 0.3) is 0 Å². The molecule has 2 fully saturated rings. The smallest absolute Gasteiger partial charge is 0.233 e. The summed E-state index contributed by atoms with van der Waals surface area (Å²) in [5, 5.41) is 12.4. The first-order valence-corrected chi connectivity index (χ1v) is 11.7. The first-order valence-electron chi connectivity index (χ1n) is 9.90. The van der Waals surface area contributed by atoms with Gasteiger partial charge in [-0.05, 0) is 43.7 Å². The average molecular weight is 419 g/mol. The molecule has 28 heavy (non-hydrogen) atoms. The second kappa shape index (κ2) is 9.13. The Bertz CT molecular complexity index is 811. The van der Waals surface area contributed by atoms with Crippen molar-refractivity contribution in [3.63, 3.8) is 0 Å². The second-order valence-corrected chi connectivity index (χ2v) is 9.53. The molecule has 0 radical (unpaired) electrons. The van der Waals surface area contributed by atoms with Crippen LogP contribution in [0.4, 0.5) is 10.8 Å². The molecule has 2 aliphatic rings. The second-order valence-electron chi connectivity index (χ2n) is 7.33. The quantitative estimate of drug-likeness (QED) is 0.694. The van der Waals surface area contributed by atoms with Crippen molar-refractivity contribution in [3.8, 4) is 5.75 Å². The van der Waals surface area contributed by atoms with Gasteiger partial charge in [-0.15, -0.1) is 10.2 Å². The molecule has 2 aromatic rings. The van der Waals surface area contributed by atoms with Gasteiger partial charge in [-0.2, -0.15) is 0 Å². The maximum atomic E-state index is 12.8. The number of rotatable bonds is 6. The summed E-state index contributed by atoms with van der Waals surface area (Å²) in [6.07, 6.45) is 7.47. The van der Waals surface area contributed by atoms with E-state index < -0.39 is 0 Å². The van der Waals surface area contributed by atoms with E-state index in [9.17, 15) is 4.79 Å². The van der Waals surface area contributed by atoms with Gasteiger partial charge in [0.15, 0.2) is 4.34 Å². The molecule has 1 saturated carbocycles. The number of thioether (sulfide) groups is 1. The number of nitrogens with one attached hydrogen (secondary N) is 1. The number of methoxy groups -OCH3 is 1. The Morgan fingerprint density at radius 1 is 1.25 bits per heavy atom. The fourth-order valence-electron chi connectivity index (χ4n) is 4.32. The van der Waals surface area contributed by atoms with Gasteiger partial charge in [0, 0.05) is 12.6 Å². The van der Waals surface area contributed by atoms with E-state index in [1.54, 1.807) is 7.11 Å². The monoisotopic (exact) mass is 418 g/mol. The summed E-state index contributed by atoms with van der Waals surface area (Å²) in [5.74, 6) is 2.16. The molecular weight excluding hydrogens is 392 g/mol. The Hall–Kier alpha value is -1.80. The first kappa shape index (κ1) is 19.5. The molecule has 1 aliphatic carbocycles. The number of likely N-dealkylation sites (tertiary alicyclic amines) is 1. The van der Waals surface area contributed by atoms with Gasteiger partial charge in [0.05, 0.1) is 18.6 Å². The minimum absolute atomic E-state index is 0.246. The number of benzene rings is 1. The van der Waals surface area contributed by atoms with Crippen LogP contribution in [-0.2, 0) is 4.79 Å². The lowest BCUT2D eigenvalue weighted by Gasteiger charge is -2.44. The van der Waals surface area contributed by atoms with Gasteiger partial charge in [0.2, 0.25) is 11.0 Å². The van der Waals surface area contributed by atoms with Crippen LogP contribution in [0, 0.1) is 5.92 Å². The molecule has 8 heteroatoms. The SMILES string of the molecule is COc1ccccc1Nc1nnc(SCC(=O)N2CCC[C@@H]3CCCC[C@@H]32)s1. The predicted molar refractivity (Wildman–Crippen MR) is 114 cm³/mol. The molecule has 150 valence electrons. The number of fused-ring (bicyclic) bond motifs is 1. The molecule has 6 nitrogen and oxygen atoms in total. The van der Waals surface area contributed by atoms with Crippen LogP contribution < -0.4 is 10.1 Å². The lowest BCUT2D eigenvalue weighted by Crippen LogP contribution is -2.50. The Labute approximate surface area is 174 Å². The fourth-order valence-corrected chi connectivity index (χ4v) is 5.97. The molecule has 2 atom stereocenters. The molecule has 1 N–H and O–H groups in total. The topological polar surface area (TPSA) is 67.3 Å². The van der Waals surface area contributed by atoms with E-state index >= 15 is 0 Å². The molecule has 0 unspecified atom stereocenters. The van der Waals surface area contributed by atoms with Crippen LogP contribution in [0.3, 0.4) is 0 Å². The highest BCUT2D eigenvalue weighted by molar-refractivity contribution is 8.01. The summed E-state index contributed by atoms with van der Waals surface area (Å²) in [5.41, 5.74) is 0.852. The lowest BCUT2D eigenvalue weighted by molar-refractivity contribution is -0.134. The molecular formula is C20H26N4O2S2. The number of anilines is 2. The summed E-state index contributed by atoms with van der Waals surface area (Å²) < 4.78 is 6.16. The molecule has 4 rings (SSSR count). The van der Waals surface area contributed by atoms with Crippen LogP contribution in [0.5, 0.6) is 5.75 Å². The van der Waals surface area contributed by atoms with Crippen molar-refractivity contribution < 1.29 is 9.53 Å². The van der Waals surface area contributed by atoms with Crippen molar-refractivity contribution >= 4 is 39.8 Å². The maximum absolute atomic E-state index is 12.8. The summed E-state index contributed by atoms with van der Waals surface area (Å²) in [6.45, 7) is 0.914. The van der Waals surface area contributed by atoms with Crippen molar-refractivity contribution in [1.82, 2.24) is 15.1 Å². The van der Waals surface area contributed by atoms with Gasteiger partial charge < -0.3 is 15.0 Å². The van der Waals surface area contributed by atoms with E-state index in [-0.39, 0.29) is 5.91 Å². The zero-order valence-electron chi connectivity index (χ0n) is 16.1. The molecule has 1 saturated heterocycles. The van der Waals surface area contributed by atoms with Crippen LogP contribution >= 0.6 is 23.1 Å². The summed E-state index contributed by atoms with van der Waals surface area (Å²) in [6, 6.07) is 8.17. The van der Waals surface area contributed by atoms with E-state index in [1.165, 1.54) is 55.2 Å². The average Bonchev–Trinajstić information content (AvgIpc) is 3.19. The molecule has 1 amide bonds. The molecule has 0 spiro atoms. The number of ether oxygens (including phenoxy) is 1. The Morgan fingerprint density at radius 2 is 2.07 bits per heavy atom. The number of para-hydroxylation sites is 2. The third kappa shape index (κ3) is 4.43. The standard InChI is InChI=1S/C20H26N4O2S2/c1-26-17-11-5-3-9-15(17)21-19-22-23-20(28-19)27-13-18(25)24-12-6-8-14-7-2-4-10-16(14)24/h3,5,9,11,14,16H,2,4,6-8,10,12-13H2,1H3,(H,21,22)/t14-,16-/m0/s1. The van der Waals surface area contributed by atoms with Gasteiger partial charge in [0.25, 0.3) is 0 Å². The van der Waals surface area contributed by atoms with E-state index in [0.717, 1.165) is 34.7 Å². The normalized spacial score (nSPS) is 21.8. The van der Waals surface area contributed by atoms with E-state index in [4.69, 9.17) is 4.74 Å². The number of carbonyl (C=O) groups is 1. The number of aromatic nitrogens is 2. The van der Waals surface area contributed by atoms with Gasteiger partial charge in [-0.1, -0.05) is 48.1 Å². The molecule has 1 aliphatic heterocycles. The molecule has 0 bridgehead atoms.